The molecule has 2 saturated heterocycles. The summed E-state index contributed by atoms with van der Waals surface area (Å²) in [6, 6.07) is 8.77. The molecule has 4 nitrogen and oxygen atoms in total. The quantitative estimate of drug-likeness (QED) is 0.849. The minimum absolute atomic E-state index is 0.240. The van der Waals surface area contributed by atoms with Crippen LogP contribution in [0.1, 0.15) is 49.7 Å². The molecule has 2 heterocycles. The lowest BCUT2D eigenvalue weighted by Gasteiger charge is -2.47. The van der Waals surface area contributed by atoms with Crippen LogP contribution in [0.4, 0.5) is 0 Å². The Morgan fingerprint density at radius 3 is 2.44 bits per heavy atom. The summed E-state index contributed by atoms with van der Waals surface area (Å²) in [7, 11) is 0. The summed E-state index contributed by atoms with van der Waals surface area (Å²) < 4.78 is 0. The highest BCUT2D eigenvalue weighted by atomic mass is 16.2. The monoisotopic (exact) mass is 340 g/mol. The van der Waals surface area contributed by atoms with Crippen LogP contribution in [0, 0.1) is 12.3 Å². The van der Waals surface area contributed by atoms with Crippen molar-refractivity contribution in [3.05, 3.63) is 35.4 Å². The predicted octanol–water partition coefficient (Wildman–Crippen LogP) is 2.93. The zero-order valence-corrected chi connectivity index (χ0v) is 15.2. The minimum atomic E-state index is 0.240. The van der Waals surface area contributed by atoms with Crippen molar-refractivity contribution in [2.24, 2.45) is 5.41 Å². The summed E-state index contributed by atoms with van der Waals surface area (Å²) in [5.41, 5.74) is 2.58. The van der Waals surface area contributed by atoms with Crippen molar-refractivity contribution in [3.8, 4) is 0 Å². The molecule has 3 aliphatic rings. The molecule has 1 saturated carbocycles. The molecule has 1 aromatic carbocycles. The molecule has 0 radical (unpaired) electrons. The molecule has 2 aliphatic heterocycles. The van der Waals surface area contributed by atoms with Gasteiger partial charge in [-0.2, -0.15) is 0 Å². The smallest absolute Gasteiger partial charge is 0.226 e. The fourth-order valence-electron chi connectivity index (χ4n) is 4.39. The van der Waals surface area contributed by atoms with Gasteiger partial charge in [-0.15, -0.1) is 0 Å². The molecule has 4 rings (SSSR count). The lowest BCUT2D eigenvalue weighted by atomic mass is 9.72. The van der Waals surface area contributed by atoms with Gasteiger partial charge in [0.05, 0.1) is 6.42 Å². The second kappa shape index (κ2) is 6.47. The molecular weight excluding hydrogens is 312 g/mol. The zero-order chi connectivity index (χ0) is 17.4. The van der Waals surface area contributed by atoms with Gasteiger partial charge in [0, 0.05) is 32.1 Å². The molecule has 0 atom stereocenters. The number of carbonyl (C=O) groups is 2. The van der Waals surface area contributed by atoms with Crippen LogP contribution in [0.15, 0.2) is 24.3 Å². The summed E-state index contributed by atoms with van der Waals surface area (Å²) in [6.07, 6.45) is 6.67. The highest BCUT2D eigenvalue weighted by molar-refractivity contribution is 5.79. The van der Waals surface area contributed by atoms with E-state index in [0.717, 1.165) is 44.5 Å². The Morgan fingerprint density at radius 2 is 1.80 bits per heavy atom. The van der Waals surface area contributed by atoms with Gasteiger partial charge in [0.25, 0.3) is 0 Å². The van der Waals surface area contributed by atoms with Crippen LogP contribution in [0.25, 0.3) is 0 Å². The average molecular weight is 340 g/mol. The number of amides is 2. The SMILES string of the molecule is Cc1ccc(CC(=O)N2CCC3(CCC(=O)N(C4CC4)C3)CC2)cc1. The molecule has 0 unspecified atom stereocenters. The normalized spacial score (nSPS) is 23.2. The number of likely N-dealkylation sites (tertiary alicyclic amines) is 2. The van der Waals surface area contributed by atoms with Crippen molar-refractivity contribution in [2.75, 3.05) is 19.6 Å². The van der Waals surface area contributed by atoms with E-state index in [2.05, 4.69) is 36.1 Å². The molecule has 0 bridgehead atoms. The predicted molar refractivity (Wildman–Crippen MR) is 97.1 cm³/mol. The Balaban J connectivity index is 1.33. The second-order valence-corrected chi connectivity index (χ2v) is 8.30. The van der Waals surface area contributed by atoms with Crippen LogP contribution >= 0.6 is 0 Å². The third kappa shape index (κ3) is 3.58. The van der Waals surface area contributed by atoms with E-state index in [0.29, 0.717) is 24.8 Å². The van der Waals surface area contributed by atoms with Gasteiger partial charge in [0.1, 0.15) is 0 Å². The number of benzene rings is 1. The number of hydrogen-bond acceptors (Lipinski definition) is 2. The Kier molecular flexibility index (Phi) is 4.30. The molecule has 3 fully saturated rings. The van der Waals surface area contributed by atoms with E-state index in [1.54, 1.807) is 0 Å². The lowest BCUT2D eigenvalue weighted by molar-refractivity contribution is -0.142. The summed E-state index contributed by atoms with van der Waals surface area (Å²) in [5, 5.41) is 0. The number of rotatable bonds is 3. The van der Waals surface area contributed by atoms with Gasteiger partial charge in [0.2, 0.25) is 11.8 Å². The fraction of sp³-hybridized carbons (Fsp3) is 0.619. The van der Waals surface area contributed by atoms with Crippen molar-refractivity contribution in [1.29, 1.82) is 0 Å². The van der Waals surface area contributed by atoms with E-state index >= 15 is 0 Å². The van der Waals surface area contributed by atoms with Crippen LogP contribution in [0.2, 0.25) is 0 Å². The molecule has 0 N–H and O–H groups in total. The van der Waals surface area contributed by atoms with E-state index in [9.17, 15) is 9.59 Å². The molecule has 1 aromatic rings. The molecule has 1 aliphatic carbocycles. The van der Waals surface area contributed by atoms with Crippen molar-refractivity contribution in [1.82, 2.24) is 9.80 Å². The maximum atomic E-state index is 12.6. The van der Waals surface area contributed by atoms with Crippen LogP contribution in [0.3, 0.4) is 0 Å². The molecule has 0 aromatic heterocycles. The van der Waals surface area contributed by atoms with Gasteiger partial charge in [-0.1, -0.05) is 29.8 Å². The zero-order valence-electron chi connectivity index (χ0n) is 15.2. The molecule has 2 amide bonds. The Morgan fingerprint density at radius 1 is 1.12 bits per heavy atom. The first-order valence-electron chi connectivity index (χ1n) is 9.68. The number of carbonyl (C=O) groups excluding carboxylic acids is 2. The first kappa shape index (κ1) is 16.6. The summed E-state index contributed by atoms with van der Waals surface area (Å²) >= 11 is 0. The van der Waals surface area contributed by atoms with E-state index < -0.39 is 0 Å². The molecular formula is C21H28N2O2. The number of hydrogen-bond donors (Lipinski definition) is 0. The van der Waals surface area contributed by atoms with Gasteiger partial charge in [-0.25, -0.2) is 0 Å². The molecule has 25 heavy (non-hydrogen) atoms. The first-order valence-corrected chi connectivity index (χ1v) is 9.68. The number of piperidine rings is 2. The van der Waals surface area contributed by atoms with Crippen molar-refractivity contribution >= 4 is 11.8 Å². The van der Waals surface area contributed by atoms with E-state index in [1.165, 1.54) is 18.4 Å². The van der Waals surface area contributed by atoms with Gasteiger partial charge >= 0.3 is 0 Å². The summed E-state index contributed by atoms with van der Waals surface area (Å²) in [5.74, 6) is 0.593. The minimum Gasteiger partial charge on any atom is -0.342 e. The van der Waals surface area contributed by atoms with Gasteiger partial charge < -0.3 is 9.80 Å². The number of nitrogens with zero attached hydrogens (tertiary/aromatic N) is 2. The van der Waals surface area contributed by atoms with Crippen LogP contribution < -0.4 is 0 Å². The second-order valence-electron chi connectivity index (χ2n) is 8.30. The Hall–Kier alpha value is -1.84. The standard InChI is InChI=1S/C21H28N2O2/c1-16-2-4-17(5-3-16)14-20(25)22-12-10-21(11-13-22)9-8-19(24)23(15-21)18-6-7-18/h2-5,18H,6-15H2,1H3. The van der Waals surface area contributed by atoms with Crippen molar-refractivity contribution in [2.45, 2.75) is 57.9 Å². The van der Waals surface area contributed by atoms with Crippen LogP contribution in [-0.2, 0) is 16.0 Å². The highest BCUT2D eigenvalue weighted by Crippen LogP contribution is 2.43. The molecule has 4 heteroatoms. The van der Waals surface area contributed by atoms with Crippen molar-refractivity contribution in [3.63, 3.8) is 0 Å². The van der Waals surface area contributed by atoms with Gasteiger partial charge in [-0.3, -0.25) is 9.59 Å². The summed E-state index contributed by atoms with van der Waals surface area (Å²) in [6.45, 7) is 4.68. The van der Waals surface area contributed by atoms with Crippen LogP contribution in [-0.4, -0.2) is 47.3 Å². The third-order valence-corrected chi connectivity index (χ3v) is 6.34. The maximum absolute atomic E-state index is 12.6. The van der Waals surface area contributed by atoms with E-state index in [1.807, 2.05) is 4.90 Å². The summed E-state index contributed by atoms with van der Waals surface area (Å²) in [4.78, 5) is 29.0. The van der Waals surface area contributed by atoms with E-state index in [-0.39, 0.29) is 11.3 Å². The van der Waals surface area contributed by atoms with Gasteiger partial charge in [-0.05, 0) is 50.0 Å². The first-order chi connectivity index (χ1) is 12.0. The average Bonchev–Trinajstić information content (AvgIpc) is 3.45. The maximum Gasteiger partial charge on any atom is 0.226 e. The highest BCUT2D eigenvalue weighted by Gasteiger charge is 2.45. The topological polar surface area (TPSA) is 40.6 Å². The fourth-order valence-corrected chi connectivity index (χ4v) is 4.39. The molecule has 134 valence electrons. The number of aryl methyl sites for hydroxylation is 1. The van der Waals surface area contributed by atoms with E-state index in [4.69, 9.17) is 0 Å². The van der Waals surface area contributed by atoms with Gasteiger partial charge in [0.15, 0.2) is 0 Å². The van der Waals surface area contributed by atoms with Crippen molar-refractivity contribution < 1.29 is 9.59 Å². The lowest BCUT2D eigenvalue weighted by Crippen LogP contribution is -2.53. The van der Waals surface area contributed by atoms with Crippen LogP contribution in [0.5, 0.6) is 0 Å². The largest absolute Gasteiger partial charge is 0.342 e. The Labute approximate surface area is 150 Å². The third-order valence-electron chi connectivity index (χ3n) is 6.34. The Bertz CT molecular complexity index is 655. The molecule has 1 spiro atoms.